The van der Waals surface area contributed by atoms with Crippen molar-refractivity contribution >= 4 is 40.7 Å². The van der Waals surface area contributed by atoms with Gasteiger partial charge in [0.15, 0.2) is 0 Å². The van der Waals surface area contributed by atoms with E-state index >= 15 is 0 Å². The van der Waals surface area contributed by atoms with Crippen LogP contribution < -0.4 is 4.90 Å². The first-order chi connectivity index (χ1) is 15.8. The quantitative estimate of drug-likeness (QED) is 0.574. The van der Waals surface area contributed by atoms with Gasteiger partial charge in [0, 0.05) is 46.0 Å². The Morgan fingerprint density at radius 2 is 1.42 bits per heavy atom. The Morgan fingerprint density at radius 3 is 2.00 bits per heavy atom. The topological polar surface area (TPSA) is 43.9 Å². The summed E-state index contributed by atoms with van der Waals surface area (Å²) < 4.78 is 0. The van der Waals surface area contributed by atoms with Gasteiger partial charge in [-0.3, -0.25) is 9.59 Å². The van der Waals surface area contributed by atoms with E-state index in [9.17, 15) is 9.59 Å². The number of likely N-dealkylation sites (tertiary alicyclic amines) is 1. The molecule has 0 saturated carbocycles. The second-order valence-electron chi connectivity index (χ2n) is 9.30. The minimum absolute atomic E-state index is 0.0435. The van der Waals surface area contributed by atoms with Gasteiger partial charge in [-0.25, -0.2) is 0 Å². The van der Waals surface area contributed by atoms with Crippen LogP contribution in [0.4, 0.5) is 5.69 Å². The van der Waals surface area contributed by atoms with E-state index in [1.165, 1.54) is 0 Å². The molecular formula is C26H31Cl2N3O2. The maximum absolute atomic E-state index is 12.8. The highest BCUT2D eigenvalue weighted by Gasteiger charge is 2.31. The van der Waals surface area contributed by atoms with Crippen LogP contribution in [0.2, 0.25) is 10.0 Å². The van der Waals surface area contributed by atoms with Crippen molar-refractivity contribution in [3.63, 3.8) is 0 Å². The standard InChI is InChI=1S/C26H31Cl2N3O2/c1-29(2)25(32)22-8-7-20(17-24(22)28)30-13-9-18(10-14-30)19-11-15-31(16-12-19)26(33)21-5-3-4-6-23(21)27/h3-8,17-19H,9-16H2,1-2H3. The predicted octanol–water partition coefficient (Wildman–Crippen LogP) is 5.46. The van der Waals surface area contributed by atoms with Crippen molar-refractivity contribution in [2.45, 2.75) is 25.7 Å². The molecule has 2 aliphatic rings. The largest absolute Gasteiger partial charge is 0.371 e. The van der Waals surface area contributed by atoms with E-state index < -0.39 is 0 Å². The summed E-state index contributed by atoms with van der Waals surface area (Å²) in [5.41, 5.74) is 2.22. The van der Waals surface area contributed by atoms with Crippen molar-refractivity contribution in [2.24, 2.45) is 11.8 Å². The van der Waals surface area contributed by atoms with Gasteiger partial charge >= 0.3 is 0 Å². The molecule has 0 bridgehead atoms. The van der Waals surface area contributed by atoms with Crippen molar-refractivity contribution in [2.75, 3.05) is 45.2 Å². The molecule has 0 radical (unpaired) electrons. The molecule has 176 valence electrons. The molecule has 0 unspecified atom stereocenters. The summed E-state index contributed by atoms with van der Waals surface area (Å²) in [6.45, 7) is 3.57. The summed E-state index contributed by atoms with van der Waals surface area (Å²) in [5, 5.41) is 1.03. The number of amides is 2. The average molecular weight is 488 g/mol. The van der Waals surface area contributed by atoms with Gasteiger partial charge in [0.25, 0.3) is 11.8 Å². The molecule has 33 heavy (non-hydrogen) atoms. The van der Waals surface area contributed by atoms with Crippen LogP contribution in [-0.2, 0) is 0 Å². The molecule has 0 aromatic heterocycles. The number of anilines is 1. The molecule has 2 aliphatic heterocycles. The molecule has 0 aliphatic carbocycles. The number of carbonyl (C=O) groups is 2. The molecule has 7 heteroatoms. The van der Waals surface area contributed by atoms with Crippen molar-refractivity contribution < 1.29 is 9.59 Å². The maximum Gasteiger partial charge on any atom is 0.255 e. The van der Waals surface area contributed by atoms with Gasteiger partial charge in [-0.2, -0.15) is 0 Å². The second-order valence-corrected chi connectivity index (χ2v) is 10.1. The van der Waals surface area contributed by atoms with E-state index in [0.717, 1.165) is 57.5 Å². The van der Waals surface area contributed by atoms with Crippen LogP contribution in [0, 0.1) is 11.8 Å². The van der Waals surface area contributed by atoms with E-state index in [0.29, 0.717) is 33.0 Å². The number of benzene rings is 2. The summed E-state index contributed by atoms with van der Waals surface area (Å²) in [6, 6.07) is 13.0. The number of nitrogens with zero attached hydrogens (tertiary/aromatic N) is 3. The van der Waals surface area contributed by atoms with Gasteiger partial charge in [-0.05, 0) is 67.9 Å². The fourth-order valence-electron chi connectivity index (χ4n) is 5.12. The molecule has 2 aromatic carbocycles. The average Bonchev–Trinajstić information content (AvgIpc) is 2.83. The lowest BCUT2D eigenvalue weighted by Gasteiger charge is -2.41. The highest BCUT2D eigenvalue weighted by molar-refractivity contribution is 6.34. The Balaban J connectivity index is 1.29. The molecule has 0 spiro atoms. The Bertz CT molecular complexity index is 1010. The fraction of sp³-hybridized carbons (Fsp3) is 0.462. The zero-order valence-corrected chi connectivity index (χ0v) is 20.8. The lowest BCUT2D eigenvalue weighted by molar-refractivity contribution is 0.0645. The smallest absolute Gasteiger partial charge is 0.255 e. The third kappa shape index (κ3) is 5.30. The van der Waals surface area contributed by atoms with Crippen LogP contribution in [0.25, 0.3) is 0 Å². The molecular weight excluding hydrogens is 457 g/mol. The number of piperidine rings is 2. The Kier molecular flexibility index (Phi) is 7.50. The SMILES string of the molecule is CN(C)C(=O)c1ccc(N2CCC(C3CCN(C(=O)c4ccccc4Cl)CC3)CC2)cc1Cl. The Hall–Kier alpha value is -2.24. The first-order valence-corrected chi connectivity index (χ1v) is 12.4. The molecule has 0 atom stereocenters. The molecule has 2 heterocycles. The van der Waals surface area contributed by atoms with Crippen molar-refractivity contribution in [1.29, 1.82) is 0 Å². The minimum atomic E-state index is -0.0791. The monoisotopic (exact) mass is 487 g/mol. The lowest BCUT2D eigenvalue weighted by atomic mass is 9.78. The molecule has 2 fully saturated rings. The van der Waals surface area contributed by atoms with Crippen LogP contribution in [0.15, 0.2) is 42.5 Å². The molecule has 0 N–H and O–H groups in total. The number of hydrogen-bond acceptors (Lipinski definition) is 3. The summed E-state index contributed by atoms with van der Waals surface area (Å²) in [5.74, 6) is 1.31. The number of hydrogen-bond donors (Lipinski definition) is 0. The predicted molar refractivity (Wildman–Crippen MR) is 134 cm³/mol. The fourth-order valence-corrected chi connectivity index (χ4v) is 5.60. The van der Waals surface area contributed by atoms with Crippen LogP contribution in [0.5, 0.6) is 0 Å². The zero-order chi connectivity index (χ0) is 23.5. The number of rotatable bonds is 4. The van der Waals surface area contributed by atoms with Crippen LogP contribution in [-0.4, -0.2) is 61.9 Å². The van der Waals surface area contributed by atoms with Crippen LogP contribution in [0.1, 0.15) is 46.4 Å². The maximum atomic E-state index is 12.8. The third-order valence-corrected chi connectivity index (χ3v) is 7.73. The molecule has 2 saturated heterocycles. The summed E-state index contributed by atoms with van der Waals surface area (Å²) in [4.78, 5) is 30.9. The second kappa shape index (κ2) is 10.4. The van der Waals surface area contributed by atoms with Gasteiger partial charge in [0.2, 0.25) is 0 Å². The Labute approximate surface area is 206 Å². The van der Waals surface area contributed by atoms with E-state index in [4.69, 9.17) is 23.2 Å². The number of carbonyl (C=O) groups excluding carboxylic acids is 2. The summed E-state index contributed by atoms with van der Waals surface area (Å²) in [7, 11) is 3.46. The van der Waals surface area contributed by atoms with Crippen LogP contribution >= 0.6 is 23.2 Å². The first-order valence-electron chi connectivity index (χ1n) is 11.6. The van der Waals surface area contributed by atoms with Crippen molar-refractivity contribution in [1.82, 2.24) is 9.80 Å². The van der Waals surface area contributed by atoms with Gasteiger partial charge < -0.3 is 14.7 Å². The highest BCUT2D eigenvalue weighted by Crippen LogP contribution is 2.35. The normalized spacial score (nSPS) is 17.8. The third-order valence-electron chi connectivity index (χ3n) is 7.09. The van der Waals surface area contributed by atoms with Gasteiger partial charge in [-0.1, -0.05) is 35.3 Å². The van der Waals surface area contributed by atoms with Gasteiger partial charge in [0.1, 0.15) is 0 Å². The van der Waals surface area contributed by atoms with Crippen molar-refractivity contribution in [3.8, 4) is 0 Å². The van der Waals surface area contributed by atoms with Crippen molar-refractivity contribution in [3.05, 3.63) is 63.6 Å². The number of halogens is 2. The molecule has 2 amide bonds. The molecule has 4 rings (SSSR count). The van der Waals surface area contributed by atoms with E-state index in [1.54, 1.807) is 25.1 Å². The zero-order valence-electron chi connectivity index (χ0n) is 19.3. The summed E-state index contributed by atoms with van der Waals surface area (Å²) in [6.07, 6.45) is 4.38. The van der Waals surface area contributed by atoms with Gasteiger partial charge in [0.05, 0.1) is 21.2 Å². The first kappa shape index (κ1) is 23.9. The Morgan fingerprint density at radius 1 is 0.818 bits per heavy atom. The molecule has 2 aromatic rings. The summed E-state index contributed by atoms with van der Waals surface area (Å²) >= 11 is 12.6. The highest BCUT2D eigenvalue weighted by atomic mass is 35.5. The minimum Gasteiger partial charge on any atom is -0.371 e. The van der Waals surface area contributed by atoms with Crippen LogP contribution in [0.3, 0.4) is 0 Å². The van der Waals surface area contributed by atoms with E-state index in [1.807, 2.05) is 41.3 Å². The van der Waals surface area contributed by atoms with E-state index in [2.05, 4.69) is 4.90 Å². The lowest BCUT2D eigenvalue weighted by Crippen LogP contribution is -2.43. The van der Waals surface area contributed by atoms with Gasteiger partial charge in [-0.15, -0.1) is 0 Å². The van der Waals surface area contributed by atoms with E-state index in [-0.39, 0.29) is 11.8 Å². The molecule has 5 nitrogen and oxygen atoms in total.